The van der Waals surface area contributed by atoms with Crippen molar-refractivity contribution >= 4 is 54.8 Å². The SMILES string of the molecule is COc1ccc(S(=O)(=O)N(C)c2cc(Cl)ccc2Cl)cc1Br. The summed E-state index contributed by atoms with van der Waals surface area (Å²) in [6.45, 7) is 0. The fourth-order valence-electron chi connectivity index (χ4n) is 1.82. The van der Waals surface area contributed by atoms with Crippen LogP contribution < -0.4 is 9.04 Å². The zero-order valence-electron chi connectivity index (χ0n) is 11.7. The van der Waals surface area contributed by atoms with Gasteiger partial charge in [-0.25, -0.2) is 8.42 Å². The third-order valence-corrected chi connectivity index (χ3v) is 5.97. The van der Waals surface area contributed by atoms with E-state index in [0.717, 1.165) is 4.31 Å². The summed E-state index contributed by atoms with van der Waals surface area (Å²) in [4.78, 5) is 0.110. The van der Waals surface area contributed by atoms with E-state index in [1.807, 2.05) is 0 Å². The van der Waals surface area contributed by atoms with Crippen LogP contribution in [0.25, 0.3) is 0 Å². The standard InChI is InChI=1S/C14H12BrCl2NO3S/c1-18(13-7-9(16)3-5-12(13)17)22(19,20)10-4-6-14(21-2)11(15)8-10/h3-8H,1-2H3. The Labute approximate surface area is 147 Å². The molecule has 8 heteroatoms. The maximum absolute atomic E-state index is 12.7. The van der Waals surface area contributed by atoms with E-state index in [0.29, 0.717) is 26.0 Å². The number of rotatable bonds is 4. The molecule has 0 saturated heterocycles. The van der Waals surface area contributed by atoms with Crippen LogP contribution >= 0.6 is 39.1 Å². The molecule has 0 spiro atoms. The Bertz CT molecular complexity index is 812. The van der Waals surface area contributed by atoms with Crippen molar-refractivity contribution in [1.82, 2.24) is 0 Å². The van der Waals surface area contributed by atoms with E-state index in [-0.39, 0.29) is 4.90 Å². The molecule has 0 aliphatic rings. The fourth-order valence-corrected chi connectivity index (χ4v) is 4.21. The number of hydrogen-bond acceptors (Lipinski definition) is 3. The van der Waals surface area contributed by atoms with Gasteiger partial charge in [0.2, 0.25) is 0 Å². The van der Waals surface area contributed by atoms with E-state index in [9.17, 15) is 8.42 Å². The van der Waals surface area contributed by atoms with Crippen LogP contribution in [-0.2, 0) is 10.0 Å². The zero-order chi connectivity index (χ0) is 16.5. The van der Waals surface area contributed by atoms with Crippen LogP contribution in [0.5, 0.6) is 5.75 Å². The number of ether oxygens (including phenoxy) is 1. The molecule has 22 heavy (non-hydrogen) atoms. The van der Waals surface area contributed by atoms with E-state index in [1.54, 1.807) is 18.2 Å². The molecule has 0 aliphatic heterocycles. The molecule has 0 atom stereocenters. The van der Waals surface area contributed by atoms with Gasteiger partial charge in [0.25, 0.3) is 10.0 Å². The van der Waals surface area contributed by atoms with Gasteiger partial charge in [0.15, 0.2) is 0 Å². The second-order valence-corrected chi connectivity index (χ2v) is 8.03. The number of anilines is 1. The Kier molecular flexibility index (Phi) is 5.27. The predicted molar refractivity (Wildman–Crippen MR) is 92.7 cm³/mol. The highest BCUT2D eigenvalue weighted by Gasteiger charge is 2.24. The minimum atomic E-state index is -3.77. The van der Waals surface area contributed by atoms with Crippen LogP contribution in [0.1, 0.15) is 0 Å². The summed E-state index contributed by atoms with van der Waals surface area (Å²) >= 11 is 15.3. The van der Waals surface area contributed by atoms with Crippen molar-refractivity contribution < 1.29 is 13.2 Å². The van der Waals surface area contributed by atoms with Crippen molar-refractivity contribution in [3.8, 4) is 5.75 Å². The number of halogens is 3. The minimum absolute atomic E-state index is 0.110. The van der Waals surface area contributed by atoms with Crippen molar-refractivity contribution in [1.29, 1.82) is 0 Å². The Hall–Kier alpha value is -0.950. The lowest BCUT2D eigenvalue weighted by Crippen LogP contribution is -2.26. The maximum atomic E-state index is 12.7. The lowest BCUT2D eigenvalue weighted by Gasteiger charge is -2.21. The average molecular weight is 425 g/mol. The Morgan fingerprint density at radius 1 is 1.14 bits per heavy atom. The highest BCUT2D eigenvalue weighted by molar-refractivity contribution is 9.10. The van der Waals surface area contributed by atoms with Gasteiger partial charge in [-0.2, -0.15) is 0 Å². The third-order valence-electron chi connectivity index (χ3n) is 3.03. The van der Waals surface area contributed by atoms with Gasteiger partial charge in [-0.1, -0.05) is 23.2 Å². The van der Waals surface area contributed by atoms with Crippen molar-refractivity contribution in [2.75, 3.05) is 18.5 Å². The number of benzene rings is 2. The molecule has 0 aliphatic carbocycles. The van der Waals surface area contributed by atoms with Crippen molar-refractivity contribution in [2.45, 2.75) is 4.90 Å². The molecule has 0 N–H and O–H groups in total. The van der Waals surface area contributed by atoms with Gasteiger partial charge < -0.3 is 4.74 Å². The van der Waals surface area contributed by atoms with E-state index in [1.165, 1.54) is 32.4 Å². The second-order valence-electron chi connectivity index (χ2n) is 4.36. The largest absolute Gasteiger partial charge is 0.496 e. The first-order valence-electron chi connectivity index (χ1n) is 6.05. The molecule has 0 amide bonds. The predicted octanol–water partition coefficient (Wildman–Crippen LogP) is 4.59. The van der Waals surface area contributed by atoms with Gasteiger partial charge in [-0.15, -0.1) is 0 Å². The van der Waals surface area contributed by atoms with Crippen LogP contribution in [-0.4, -0.2) is 22.6 Å². The van der Waals surface area contributed by atoms with Crippen LogP contribution in [0.15, 0.2) is 45.8 Å². The van der Waals surface area contributed by atoms with Crippen molar-refractivity contribution in [3.05, 3.63) is 50.9 Å². The fraction of sp³-hybridized carbons (Fsp3) is 0.143. The molecule has 0 radical (unpaired) electrons. The summed E-state index contributed by atoms with van der Waals surface area (Å²) in [7, 11) is -0.846. The Balaban J connectivity index is 2.49. The lowest BCUT2D eigenvalue weighted by atomic mass is 10.3. The smallest absolute Gasteiger partial charge is 0.264 e. The van der Waals surface area contributed by atoms with Gasteiger partial charge >= 0.3 is 0 Å². The van der Waals surface area contributed by atoms with E-state index in [4.69, 9.17) is 27.9 Å². The number of methoxy groups -OCH3 is 1. The second kappa shape index (κ2) is 6.66. The molecule has 2 aromatic carbocycles. The molecule has 0 aromatic heterocycles. The summed E-state index contributed by atoms with van der Waals surface area (Å²) in [5.41, 5.74) is 0.307. The molecule has 0 bridgehead atoms. The average Bonchev–Trinajstić information content (AvgIpc) is 2.48. The lowest BCUT2D eigenvalue weighted by molar-refractivity contribution is 0.411. The van der Waals surface area contributed by atoms with Crippen molar-refractivity contribution in [3.63, 3.8) is 0 Å². The van der Waals surface area contributed by atoms with Crippen LogP contribution in [0.4, 0.5) is 5.69 Å². The quantitative estimate of drug-likeness (QED) is 0.720. The topological polar surface area (TPSA) is 46.6 Å². The Morgan fingerprint density at radius 3 is 2.41 bits per heavy atom. The summed E-state index contributed by atoms with van der Waals surface area (Å²) in [6.07, 6.45) is 0. The highest BCUT2D eigenvalue weighted by atomic mass is 79.9. The minimum Gasteiger partial charge on any atom is -0.496 e. The summed E-state index contributed by atoms with van der Waals surface area (Å²) in [6, 6.07) is 9.16. The van der Waals surface area contributed by atoms with Gasteiger partial charge in [0.05, 0.1) is 27.2 Å². The van der Waals surface area contributed by atoms with Crippen LogP contribution in [0.2, 0.25) is 10.0 Å². The molecule has 2 aromatic rings. The molecule has 0 unspecified atom stereocenters. The summed E-state index contributed by atoms with van der Waals surface area (Å²) in [5.74, 6) is 0.544. The summed E-state index contributed by atoms with van der Waals surface area (Å²) < 4.78 is 32.2. The van der Waals surface area contributed by atoms with E-state index >= 15 is 0 Å². The van der Waals surface area contributed by atoms with Gasteiger partial charge in [-0.05, 0) is 52.3 Å². The number of nitrogens with zero attached hydrogens (tertiary/aromatic N) is 1. The zero-order valence-corrected chi connectivity index (χ0v) is 15.6. The van der Waals surface area contributed by atoms with Crippen LogP contribution in [0, 0.1) is 0 Å². The summed E-state index contributed by atoms with van der Waals surface area (Å²) in [5, 5.41) is 0.695. The third kappa shape index (κ3) is 3.35. The van der Waals surface area contributed by atoms with Gasteiger partial charge in [0, 0.05) is 12.1 Å². The molecule has 118 valence electrons. The van der Waals surface area contributed by atoms with Crippen molar-refractivity contribution in [2.24, 2.45) is 0 Å². The first-order valence-corrected chi connectivity index (χ1v) is 9.04. The van der Waals surface area contributed by atoms with E-state index in [2.05, 4.69) is 15.9 Å². The molecule has 0 heterocycles. The number of sulfonamides is 1. The molecular formula is C14H12BrCl2NO3S. The molecular weight excluding hydrogens is 413 g/mol. The van der Waals surface area contributed by atoms with Crippen LogP contribution in [0.3, 0.4) is 0 Å². The van der Waals surface area contributed by atoms with Gasteiger partial charge in [0.1, 0.15) is 5.75 Å². The first-order chi connectivity index (χ1) is 10.3. The highest BCUT2D eigenvalue weighted by Crippen LogP contribution is 2.33. The maximum Gasteiger partial charge on any atom is 0.264 e. The van der Waals surface area contributed by atoms with Gasteiger partial charge in [-0.3, -0.25) is 4.31 Å². The molecule has 2 rings (SSSR count). The number of hydrogen-bond donors (Lipinski definition) is 0. The molecule has 0 fully saturated rings. The molecule has 0 saturated carbocycles. The normalized spacial score (nSPS) is 11.3. The molecule has 4 nitrogen and oxygen atoms in total. The Morgan fingerprint density at radius 2 is 1.82 bits per heavy atom. The monoisotopic (exact) mass is 423 g/mol. The van der Waals surface area contributed by atoms with E-state index < -0.39 is 10.0 Å². The first kappa shape index (κ1) is 17.4.